The molecule has 0 radical (unpaired) electrons. The Hall–Kier alpha value is -2.27. The standard InChI is InChI=1S/C14H8ClFN2O2/c15-10-2-1-3-11-12(10)13(19)14(20)18(11)7-8-4-9(16)6-17-5-8/h1-6H,7H2. The molecule has 2 aromatic rings. The van der Waals surface area contributed by atoms with Gasteiger partial charge in [-0.05, 0) is 23.8 Å². The number of benzene rings is 1. The highest BCUT2D eigenvalue weighted by molar-refractivity contribution is 6.55. The third kappa shape index (κ3) is 1.96. The lowest BCUT2D eigenvalue weighted by atomic mass is 10.1. The van der Waals surface area contributed by atoms with Gasteiger partial charge in [0.25, 0.3) is 11.7 Å². The fourth-order valence-corrected chi connectivity index (χ4v) is 2.44. The highest BCUT2D eigenvalue weighted by Crippen LogP contribution is 2.34. The molecule has 2 heterocycles. The number of ketones is 1. The number of aromatic nitrogens is 1. The molecule has 100 valence electrons. The molecule has 0 atom stereocenters. The van der Waals surface area contributed by atoms with Gasteiger partial charge in [0.2, 0.25) is 0 Å². The van der Waals surface area contributed by atoms with Crippen molar-refractivity contribution in [1.29, 1.82) is 0 Å². The number of fused-ring (bicyclic) bond motifs is 1. The van der Waals surface area contributed by atoms with Gasteiger partial charge in [-0.1, -0.05) is 17.7 Å². The van der Waals surface area contributed by atoms with Gasteiger partial charge in [-0.3, -0.25) is 14.6 Å². The van der Waals surface area contributed by atoms with Gasteiger partial charge in [0.05, 0.1) is 29.0 Å². The van der Waals surface area contributed by atoms with Gasteiger partial charge in [0.15, 0.2) is 0 Å². The van der Waals surface area contributed by atoms with Crippen molar-refractivity contribution >= 4 is 29.0 Å². The zero-order valence-electron chi connectivity index (χ0n) is 10.1. The van der Waals surface area contributed by atoms with Crippen LogP contribution in [0.3, 0.4) is 0 Å². The van der Waals surface area contributed by atoms with Crippen molar-refractivity contribution in [2.24, 2.45) is 0 Å². The Morgan fingerprint density at radius 3 is 2.80 bits per heavy atom. The Labute approximate surface area is 118 Å². The molecule has 4 nitrogen and oxygen atoms in total. The van der Waals surface area contributed by atoms with E-state index in [2.05, 4.69) is 4.98 Å². The second-order valence-corrected chi connectivity index (χ2v) is 4.77. The fraction of sp³-hybridized carbons (Fsp3) is 0.0714. The number of carbonyl (C=O) groups excluding carboxylic acids is 2. The predicted molar refractivity (Wildman–Crippen MR) is 71.2 cm³/mol. The van der Waals surface area contributed by atoms with Crippen LogP contribution in [0.2, 0.25) is 5.02 Å². The van der Waals surface area contributed by atoms with Crippen LogP contribution in [0.1, 0.15) is 15.9 Å². The lowest BCUT2D eigenvalue weighted by Gasteiger charge is -2.16. The van der Waals surface area contributed by atoms with Crippen molar-refractivity contribution in [3.8, 4) is 0 Å². The molecular weight excluding hydrogens is 283 g/mol. The number of carbonyl (C=O) groups is 2. The van der Waals surface area contributed by atoms with E-state index in [-0.39, 0.29) is 17.1 Å². The van der Waals surface area contributed by atoms with Gasteiger partial charge in [0.1, 0.15) is 5.82 Å². The summed E-state index contributed by atoms with van der Waals surface area (Å²) in [5.41, 5.74) is 1.14. The molecule has 0 spiro atoms. The maximum atomic E-state index is 13.1. The van der Waals surface area contributed by atoms with Crippen molar-refractivity contribution in [1.82, 2.24) is 4.98 Å². The van der Waals surface area contributed by atoms with Crippen LogP contribution >= 0.6 is 11.6 Å². The summed E-state index contributed by atoms with van der Waals surface area (Å²) in [6, 6.07) is 6.12. The zero-order chi connectivity index (χ0) is 14.3. The Morgan fingerprint density at radius 2 is 2.05 bits per heavy atom. The summed E-state index contributed by atoms with van der Waals surface area (Å²) in [7, 11) is 0. The summed E-state index contributed by atoms with van der Waals surface area (Å²) in [6.07, 6.45) is 2.52. The minimum Gasteiger partial charge on any atom is -0.300 e. The molecule has 3 rings (SSSR count). The minimum atomic E-state index is -0.669. The van der Waals surface area contributed by atoms with Crippen LogP contribution < -0.4 is 4.90 Å². The van der Waals surface area contributed by atoms with Crippen LogP contribution in [0.5, 0.6) is 0 Å². The molecule has 1 amide bonds. The molecule has 0 N–H and O–H groups in total. The smallest absolute Gasteiger partial charge is 0.299 e. The average Bonchev–Trinajstić information content (AvgIpc) is 2.65. The molecule has 0 unspecified atom stereocenters. The van der Waals surface area contributed by atoms with E-state index < -0.39 is 17.5 Å². The third-order valence-corrected chi connectivity index (χ3v) is 3.37. The molecule has 1 aliphatic heterocycles. The normalized spacial score (nSPS) is 13.8. The first-order valence-electron chi connectivity index (χ1n) is 5.82. The first-order chi connectivity index (χ1) is 9.58. The first kappa shape index (κ1) is 12.7. The molecule has 1 aliphatic rings. The lowest BCUT2D eigenvalue weighted by Crippen LogP contribution is -2.29. The first-order valence-corrected chi connectivity index (χ1v) is 6.20. The van der Waals surface area contributed by atoms with Crippen molar-refractivity contribution in [2.75, 3.05) is 4.90 Å². The Bertz CT molecular complexity index is 733. The number of pyridine rings is 1. The summed E-state index contributed by atoms with van der Waals surface area (Å²) in [5.74, 6) is -1.81. The number of halogens is 2. The van der Waals surface area contributed by atoms with Crippen molar-refractivity contribution in [3.63, 3.8) is 0 Å². The Kier molecular flexibility index (Phi) is 2.99. The summed E-state index contributed by atoms with van der Waals surface area (Å²) in [6.45, 7) is 0.0721. The van der Waals surface area contributed by atoms with Crippen LogP contribution in [-0.4, -0.2) is 16.7 Å². The fourth-order valence-electron chi connectivity index (χ4n) is 2.18. The molecule has 1 aromatic carbocycles. The van der Waals surface area contributed by atoms with Crippen molar-refractivity contribution in [2.45, 2.75) is 6.54 Å². The quantitative estimate of drug-likeness (QED) is 0.799. The summed E-state index contributed by atoms with van der Waals surface area (Å²) in [4.78, 5) is 28.9. The topological polar surface area (TPSA) is 50.3 Å². The second kappa shape index (κ2) is 4.68. The number of nitrogens with zero attached hydrogens (tertiary/aromatic N) is 2. The highest BCUT2D eigenvalue weighted by atomic mass is 35.5. The van der Waals surface area contributed by atoms with Gasteiger partial charge < -0.3 is 4.90 Å². The molecular formula is C14H8ClFN2O2. The largest absolute Gasteiger partial charge is 0.300 e. The zero-order valence-corrected chi connectivity index (χ0v) is 10.9. The average molecular weight is 291 g/mol. The van der Waals surface area contributed by atoms with Gasteiger partial charge in [-0.2, -0.15) is 0 Å². The number of amides is 1. The van der Waals surface area contributed by atoms with Gasteiger partial charge in [0, 0.05) is 6.20 Å². The number of anilines is 1. The molecule has 6 heteroatoms. The Balaban J connectivity index is 2.02. The number of hydrogen-bond donors (Lipinski definition) is 0. The monoisotopic (exact) mass is 290 g/mol. The number of Topliss-reactive ketones (excluding diaryl/α,β-unsaturated/α-hetero) is 1. The number of hydrogen-bond acceptors (Lipinski definition) is 3. The SMILES string of the molecule is O=C1C(=O)N(Cc2cncc(F)c2)c2cccc(Cl)c21. The summed E-state index contributed by atoms with van der Waals surface area (Å²) in [5, 5.41) is 0.237. The van der Waals surface area contributed by atoms with E-state index >= 15 is 0 Å². The van der Waals surface area contributed by atoms with E-state index in [0.29, 0.717) is 11.3 Å². The van der Waals surface area contributed by atoms with Crippen LogP contribution in [0, 0.1) is 5.82 Å². The maximum absolute atomic E-state index is 13.1. The molecule has 20 heavy (non-hydrogen) atoms. The van der Waals surface area contributed by atoms with Crippen LogP contribution in [-0.2, 0) is 11.3 Å². The maximum Gasteiger partial charge on any atom is 0.299 e. The van der Waals surface area contributed by atoms with Gasteiger partial charge in [-0.15, -0.1) is 0 Å². The molecule has 0 saturated heterocycles. The molecule has 0 fully saturated rings. The summed E-state index contributed by atoms with van der Waals surface area (Å²) >= 11 is 5.95. The minimum absolute atomic E-state index is 0.0721. The van der Waals surface area contributed by atoms with Crippen molar-refractivity contribution in [3.05, 3.63) is 58.6 Å². The molecule has 0 aliphatic carbocycles. The van der Waals surface area contributed by atoms with E-state index in [1.165, 1.54) is 17.2 Å². The van der Waals surface area contributed by atoms with E-state index in [9.17, 15) is 14.0 Å². The third-order valence-electron chi connectivity index (χ3n) is 3.05. The highest BCUT2D eigenvalue weighted by Gasteiger charge is 2.37. The van der Waals surface area contributed by atoms with Gasteiger partial charge in [-0.25, -0.2) is 4.39 Å². The Morgan fingerprint density at radius 1 is 1.25 bits per heavy atom. The molecule has 0 bridgehead atoms. The van der Waals surface area contributed by atoms with E-state index in [4.69, 9.17) is 11.6 Å². The van der Waals surface area contributed by atoms with E-state index in [0.717, 1.165) is 6.20 Å². The summed E-state index contributed by atoms with van der Waals surface area (Å²) < 4.78 is 13.1. The van der Waals surface area contributed by atoms with E-state index in [1.807, 2.05) is 0 Å². The molecule has 0 saturated carbocycles. The second-order valence-electron chi connectivity index (χ2n) is 4.37. The van der Waals surface area contributed by atoms with Crippen LogP contribution in [0.4, 0.5) is 10.1 Å². The van der Waals surface area contributed by atoms with E-state index in [1.54, 1.807) is 18.2 Å². The van der Waals surface area contributed by atoms with Gasteiger partial charge >= 0.3 is 0 Å². The predicted octanol–water partition coefficient (Wildman–Crippen LogP) is 2.60. The lowest BCUT2D eigenvalue weighted by molar-refractivity contribution is -0.114. The van der Waals surface area contributed by atoms with Crippen molar-refractivity contribution < 1.29 is 14.0 Å². The van der Waals surface area contributed by atoms with Crippen LogP contribution in [0.25, 0.3) is 0 Å². The molecule has 1 aromatic heterocycles. The number of rotatable bonds is 2. The van der Waals surface area contributed by atoms with Crippen LogP contribution in [0.15, 0.2) is 36.7 Å².